The van der Waals surface area contributed by atoms with Crippen LogP contribution in [0.15, 0.2) is 35.7 Å². The summed E-state index contributed by atoms with van der Waals surface area (Å²) in [4.78, 5) is 1.28. The maximum absolute atomic E-state index is 5.86. The molecule has 0 bridgehead atoms. The van der Waals surface area contributed by atoms with Crippen LogP contribution in [0.3, 0.4) is 0 Å². The normalized spacial score (nSPS) is 10.6. The summed E-state index contributed by atoms with van der Waals surface area (Å²) in [6.07, 6.45) is 0. The van der Waals surface area contributed by atoms with Crippen molar-refractivity contribution in [2.75, 3.05) is 0 Å². The highest BCUT2D eigenvalue weighted by Gasteiger charge is 1.97. The van der Waals surface area contributed by atoms with E-state index in [4.69, 9.17) is 11.6 Å². The van der Waals surface area contributed by atoms with Crippen LogP contribution in [0.2, 0.25) is 5.02 Å². The first-order valence-electron chi connectivity index (χ1n) is 5.23. The van der Waals surface area contributed by atoms with Gasteiger partial charge in [0.2, 0.25) is 0 Å². The van der Waals surface area contributed by atoms with Crippen molar-refractivity contribution in [1.29, 1.82) is 0 Å². The van der Waals surface area contributed by atoms with E-state index >= 15 is 0 Å². The second-order valence-electron chi connectivity index (χ2n) is 3.82. The lowest BCUT2D eigenvalue weighted by molar-refractivity contribution is 0.701. The molecule has 0 saturated carbocycles. The predicted molar refractivity (Wildman–Crippen MR) is 71.1 cm³/mol. The number of benzene rings is 1. The Balaban J connectivity index is 1.82. The van der Waals surface area contributed by atoms with E-state index in [1.54, 1.807) is 11.3 Å². The van der Waals surface area contributed by atoms with Gasteiger partial charge in [-0.05, 0) is 18.6 Å². The molecule has 1 N–H and O–H groups in total. The van der Waals surface area contributed by atoms with Crippen LogP contribution in [-0.4, -0.2) is 0 Å². The third-order valence-electron chi connectivity index (χ3n) is 2.37. The molecular weight excluding hydrogens is 238 g/mol. The van der Waals surface area contributed by atoms with Gasteiger partial charge in [-0.1, -0.05) is 41.4 Å². The SMILES string of the molecule is Cc1ccc(CNCc2cc(Cl)cs2)cc1. The van der Waals surface area contributed by atoms with Crippen LogP contribution >= 0.6 is 22.9 Å². The van der Waals surface area contributed by atoms with Gasteiger partial charge in [0, 0.05) is 23.3 Å². The van der Waals surface area contributed by atoms with Crippen LogP contribution in [0.25, 0.3) is 0 Å². The van der Waals surface area contributed by atoms with E-state index in [-0.39, 0.29) is 0 Å². The Labute approximate surface area is 105 Å². The quantitative estimate of drug-likeness (QED) is 0.866. The molecule has 0 aliphatic heterocycles. The second-order valence-corrected chi connectivity index (χ2v) is 5.25. The van der Waals surface area contributed by atoms with Gasteiger partial charge in [0.15, 0.2) is 0 Å². The molecule has 0 saturated heterocycles. The van der Waals surface area contributed by atoms with Crippen molar-refractivity contribution in [3.63, 3.8) is 0 Å². The largest absolute Gasteiger partial charge is 0.308 e. The van der Waals surface area contributed by atoms with E-state index in [1.807, 2.05) is 11.4 Å². The summed E-state index contributed by atoms with van der Waals surface area (Å²) in [5.41, 5.74) is 2.61. The zero-order valence-electron chi connectivity index (χ0n) is 9.16. The van der Waals surface area contributed by atoms with Gasteiger partial charge in [0.25, 0.3) is 0 Å². The average molecular weight is 252 g/mol. The van der Waals surface area contributed by atoms with Gasteiger partial charge >= 0.3 is 0 Å². The van der Waals surface area contributed by atoms with Gasteiger partial charge < -0.3 is 5.32 Å². The molecule has 2 rings (SSSR count). The Morgan fingerprint density at radius 3 is 2.56 bits per heavy atom. The Morgan fingerprint density at radius 2 is 1.94 bits per heavy atom. The van der Waals surface area contributed by atoms with Crippen molar-refractivity contribution in [1.82, 2.24) is 5.32 Å². The van der Waals surface area contributed by atoms with Crippen LogP contribution in [0.1, 0.15) is 16.0 Å². The molecule has 2 aromatic rings. The van der Waals surface area contributed by atoms with Crippen molar-refractivity contribution in [3.05, 3.63) is 56.7 Å². The molecule has 0 aliphatic carbocycles. The first-order valence-corrected chi connectivity index (χ1v) is 6.49. The van der Waals surface area contributed by atoms with E-state index in [9.17, 15) is 0 Å². The summed E-state index contributed by atoms with van der Waals surface area (Å²) in [7, 11) is 0. The molecule has 1 heterocycles. The Hall–Kier alpha value is -0.830. The van der Waals surface area contributed by atoms with E-state index in [0.29, 0.717) is 0 Å². The molecule has 1 aromatic carbocycles. The molecule has 0 amide bonds. The summed E-state index contributed by atoms with van der Waals surface area (Å²) in [6.45, 7) is 3.88. The monoisotopic (exact) mass is 251 g/mol. The van der Waals surface area contributed by atoms with Gasteiger partial charge in [-0.25, -0.2) is 0 Å². The minimum absolute atomic E-state index is 0.831. The third kappa shape index (κ3) is 3.34. The molecule has 1 aromatic heterocycles. The Kier molecular flexibility index (Phi) is 3.99. The maximum Gasteiger partial charge on any atom is 0.0516 e. The zero-order valence-corrected chi connectivity index (χ0v) is 10.7. The Morgan fingerprint density at radius 1 is 1.19 bits per heavy atom. The molecule has 0 aliphatic rings. The number of hydrogen-bond acceptors (Lipinski definition) is 2. The fourth-order valence-electron chi connectivity index (χ4n) is 1.48. The van der Waals surface area contributed by atoms with Crippen molar-refractivity contribution >= 4 is 22.9 Å². The Bertz CT molecular complexity index is 447. The van der Waals surface area contributed by atoms with Crippen LogP contribution in [0.5, 0.6) is 0 Å². The molecule has 0 radical (unpaired) electrons. The average Bonchev–Trinajstić information content (AvgIpc) is 2.67. The molecule has 0 unspecified atom stereocenters. The van der Waals surface area contributed by atoms with E-state index in [0.717, 1.165) is 18.1 Å². The third-order valence-corrected chi connectivity index (χ3v) is 3.66. The topological polar surface area (TPSA) is 12.0 Å². The molecule has 16 heavy (non-hydrogen) atoms. The number of hydrogen-bond donors (Lipinski definition) is 1. The highest BCUT2D eigenvalue weighted by Crippen LogP contribution is 2.18. The zero-order chi connectivity index (χ0) is 11.4. The summed E-state index contributed by atoms with van der Waals surface area (Å²) in [6, 6.07) is 10.6. The van der Waals surface area contributed by atoms with Gasteiger partial charge in [-0.15, -0.1) is 11.3 Å². The van der Waals surface area contributed by atoms with Gasteiger partial charge in [0.05, 0.1) is 5.02 Å². The highest BCUT2D eigenvalue weighted by atomic mass is 35.5. The smallest absolute Gasteiger partial charge is 0.0516 e. The molecule has 0 atom stereocenters. The highest BCUT2D eigenvalue weighted by molar-refractivity contribution is 7.10. The van der Waals surface area contributed by atoms with Crippen molar-refractivity contribution in [2.24, 2.45) is 0 Å². The first kappa shape index (κ1) is 11.6. The van der Waals surface area contributed by atoms with Crippen LogP contribution in [-0.2, 0) is 13.1 Å². The minimum atomic E-state index is 0.831. The van der Waals surface area contributed by atoms with Crippen molar-refractivity contribution in [2.45, 2.75) is 20.0 Å². The van der Waals surface area contributed by atoms with E-state index in [1.165, 1.54) is 16.0 Å². The van der Waals surface area contributed by atoms with Gasteiger partial charge in [0.1, 0.15) is 0 Å². The number of thiophene rings is 1. The van der Waals surface area contributed by atoms with Crippen molar-refractivity contribution < 1.29 is 0 Å². The van der Waals surface area contributed by atoms with Crippen LogP contribution < -0.4 is 5.32 Å². The van der Waals surface area contributed by atoms with Gasteiger partial charge in [-0.2, -0.15) is 0 Å². The number of aryl methyl sites for hydroxylation is 1. The second kappa shape index (κ2) is 5.48. The predicted octanol–water partition coefficient (Wildman–Crippen LogP) is 4.00. The molecule has 1 nitrogen and oxygen atoms in total. The lowest BCUT2D eigenvalue weighted by Gasteiger charge is -2.03. The summed E-state index contributed by atoms with van der Waals surface area (Å²) in [5.74, 6) is 0. The molecule has 84 valence electrons. The molecule has 0 spiro atoms. The lowest BCUT2D eigenvalue weighted by atomic mass is 10.1. The number of nitrogens with one attached hydrogen (secondary N) is 1. The van der Waals surface area contributed by atoms with E-state index in [2.05, 4.69) is 36.5 Å². The maximum atomic E-state index is 5.86. The molecule has 3 heteroatoms. The van der Waals surface area contributed by atoms with Crippen LogP contribution in [0, 0.1) is 6.92 Å². The first-order chi connectivity index (χ1) is 7.74. The summed E-state index contributed by atoms with van der Waals surface area (Å²) < 4.78 is 0. The standard InChI is InChI=1S/C13H14ClNS/c1-10-2-4-11(5-3-10)7-15-8-13-6-12(14)9-16-13/h2-6,9,15H,7-8H2,1H3. The summed E-state index contributed by atoms with van der Waals surface area (Å²) >= 11 is 7.55. The minimum Gasteiger partial charge on any atom is -0.308 e. The van der Waals surface area contributed by atoms with Crippen LogP contribution in [0.4, 0.5) is 0 Å². The van der Waals surface area contributed by atoms with E-state index < -0.39 is 0 Å². The fraction of sp³-hybridized carbons (Fsp3) is 0.231. The molecular formula is C13H14ClNS. The number of halogens is 1. The lowest BCUT2D eigenvalue weighted by Crippen LogP contribution is -2.11. The fourth-order valence-corrected chi connectivity index (χ4v) is 2.52. The number of rotatable bonds is 4. The summed E-state index contributed by atoms with van der Waals surface area (Å²) in [5, 5.41) is 6.20. The molecule has 0 fully saturated rings. The van der Waals surface area contributed by atoms with Gasteiger partial charge in [-0.3, -0.25) is 0 Å². The van der Waals surface area contributed by atoms with Crippen molar-refractivity contribution in [3.8, 4) is 0 Å².